The Morgan fingerprint density at radius 1 is 1.04 bits per heavy atom. The van der Waals surface area contributed by atoms with Gasteiger partial charge in [0, 0.05) is 0 Å². The average Bonchev–Trinajstić information content (AvgIpc) is 3.30. The minimum atomic E-state index is -0.425. The number of hydrogen-bond acceptors (Lipinski definition) is 5. The van der Waals surface area contributed by atoms with E-state index in [0.717, 1.165) is 5.75 Å². The van der Waals surface area contributed by atoms with Crippen molar-refractivity contribution < 1.29 is 18.7 Å². The highest BCUT2D eigenvalue weighted by Gasteiger charge is 2.14. The topological polar surface area (TPSA) is 68.5 Å². The number of furan rings is 1. The van der Waals surface area contributed by atoms with E-state index in [1.807, 2.05) is 35.7 Å². The third-order valence-corrected chi connectivity index (χ3v) is 4.13. The molecule has 0 unspecified atom stereocenters. The molecule has 24 heavy (non-hydrogen) atoms. The van der Waals surface area contributed by atoms with E-state index in [-0.39, 0.29) is 24.7 Å². The Balaban J connectivity index is 1.51. The molecule has 0 bridgehead atoms. The van der Waals surface area contributed by atoms with Crippen molar-refractivity contribution in [1.82, 2.24) is 5.32 Å². The summed E-state index contributed by atoms with van der Waals surface area (Å²) in [5.74, 6) is 0.860. The Morgan fingerprint density at radius 3 is 2.62 bits per heavy atom. The molecular weight excluding hydrogens is 326 g/mol. The van der Waals surface area contributed by atoms with Gasteiger partial charge < -0.3 is 14.5 Å². The zero-order chi connectivity index (χ0) is 16.8. The molecule has 1 N–H and O–H groups in total. The van der Waals surface area contributed by atoms with E-state index < -0.39 is 5.91 Å². The van der Waals surface area contributed by atoms with E-state index in [1.54, 1.807) is 24.3 Å². The number of thiophene rings is 1. The summed E-state index contributed by atoms with van der Waals surface area (Å²) >= 11 is 1.35. The lowest BCUT2D eigenvalue weighted by Crippen LogP contribution is -2.28. The number of ketones is 1. The van der Waals surface area contributed by atoms with Crippen molar-refractivity contribution in [2.24, 2.45) is 0 Å². The smallest absolute Gasteiger partial charge is 0.287 e. The van der Waals surface area contributed by atoms with Gasteiger partial charge in [-0.3, -0.25) is 9.59 Å². The van der Waals surface area contributed by atoms with Gasteiger partial charge in [0.15, 0.2) is 11.5 Å². The average molecular weight is 341 g/mol. The summed E-state index contributed by atoms with van der Waals surface area (Å²) in [7, 11) is 0. The molecule has 0 radical (unpaired) electrons. The molecule has 122 valence electrons. The van der Waals surface area contributed by atoms with E-state index in [9.17, 15) is 9.59 Å². The molecule has 1 amide bonds. The zero-order valence-corrected chi connectivity index (χ0v) is 13.5. The second kappa shape index (κ2) is 7.61. The van der Waals surface area contributed by atoms with Crippen molar-refractivity contribution in [2.45, 2.75) is 6.61 Å². The molecule has 0 saturated heterocycles. The van der Waals surface area contributed by atoms with Crippen LogP contribution in [-0.4, -0.2) is 18.2 Å². The van der Waals surface area contributed by atoms with Gasteiger partial charge in [-0.25, -0.2) is 0 Å². The number of amides is 1. The van der Waals surface area contributed by atoms with Crippen molar-refractivity contribution in [2.75, 3.05) is 6.54 Å². The van der Waals surface area contributed by atoms with Gasteiger partial charge in [0.1, 0.15) is 18.1 Å². The Bertz CT molecular complexity index is 809. The first kappa shape index (κ1) is 16.0. The van der Waals surface area contributed by atoms with Crippen LogP contribution in [0, 0.1) is 0 Å². The third kappa shape index (κ3) is 4.11. The summed E-state index contributed by atoms with van der Waals surface area (Å²) in [6.07, 6.45) is 0. The molecule has 0 spiro atoms. The highest BCUT2D eigenvalue weighted by atomic mass is 32.1. The van der Waals surface area contributed by atoms with Crippen LogP contribution in [0.15, 0.2) is 64.4 Å². The molecule has 1 aromatic carbocycles. The van der Waals surface area contributed by atoms with Crippen LogP contribution in [0.2, 0.25) is 0 Å². The number of para-hydroxylation sites is 1. The number of carbonyl (C=O) groups excluding carboxylic acids is 2. The maximum absolute atomic E-state index is 12.0. The fourth-order valence-electron chi connectivity index (χ4n) is 2.02. The number of rotatable bonds is 7. The van der Waals surface area contributed by atoms with Crippen LogP contribution in [0.25, 0.3) is 0 Å². The van der Waals surface area contributed by atoms with Gasteiger partial charge in [-0.2, -0.15) is 0 Å². The molecule has 2 aromatic heterocycles. The molecule has 0 aliphatic carbocycles. The lowest BCUT2D eigenvalue weighted by molar-refractivity contribution is 0.0883. The molecule has 3 aromatic rings. The molecular formula is C18H15NO4S. The highest BCUT2D eigenvalue weighted by Crippen LogP contribution is 2.14. The van der Waals surface area contributed by atoms with E-state index in [2.05, 4.69) is 5.32 Å². The quantitative estimate of drug-likeness (QED) is 0.668. The number of ether oxygens (including phenoxy) is 1. The molecule has 0 saturated carbocycles. The van der Waals surface area contributed by atoms with Crippen LogP contribution in [0.1, 0.15) is 26.0 Å². The Labute approximate surface area is 142 Å². The lowest BCUT2D eigenvalue weighted by Gasteiger charge is -2.03. The molecule has 0 aliphatic rings. The Kier molecular flexibility index (Phi) is 5.08. The summed E-state index contributed by atoms with van der Waals surface area (Å²) in [6.45, 7) is 0.168. The maximum atomic E-state index is 12.0. The summed E-state index contributed by atoms with van der Waals surface area (Å²) in [5, 5.41) is 4.38. The monoisotopic (exact) mass is 341 g/mol. The lowest BCUT2D eigenvalue weighted by atomic mass is 10.3. The fourth-order valence-corrected chi connectivity index (χ4v) is 2.69. The summed E-state index contributed by atoms with van der Waals surface area (Å²) < 4.78 is 11.0. The molecule has 3 rings (SSSR count). The van der Waals surface area contributed by atoms with Crippen LogP contribution in [0.4, 0.5) is 0 Å². The van der Waals surface area contributed by atoms with Crippen LogP contribution in [0.3, 0.4) is 0 Å². The van der Waals surface area contributed by atoms with Gasteiger partial charge in [0.05, 0.1) is 11.4 Å². The first-order valence-electron chi connectivity index (χ1n) is 7.34. The van der Waals surface area contributed by atoms with Gasteiger partial charge in [0.2, 0.25) is 0 Å². The minimum Gasteiger partial charge on any atom is -0.486 e. The van der Waals surface area contributed by atoms with E-state index >= 15 is 0 Å². The Hall–Kier alpha value is -2.86. The fraction of sp³-hybridized carbons (Fsp3) is 0.111. The van der Waals surface area contributed by atoms with Gasteiger partial charge >= 0.3 is 0 Å². The SMILES string of the molecule is O=C(NCC(=O)c1cccs1)c1ccc(COc2ccccc2)o1. The van der Waals surface area contributed by atoms with Gasteiger partial charge in [0.25, 0.3) is 5.91 Å². The first-order chi connectivity index (χ1) is 11.7. The summed E-state index contributed by atoms with van der Waals surface area (Å²) in [4.78, 5) is 24.5. The predicted octanol–water partition coefficient (Wildman–Crippen LogP) is 3.53. The normalized spacial score (nSPS) is 10.3. The van der Waals surface area contributed by atoms with Crippen LogP contribution in [-0.2, 0) is 6.61 Å². The van der Waals surface area contributed by atoms with Gasteiger partial charge in [-0.05, 0) is 35.7 Å². The van der Waals surface area contributed by atoms with Gasteiger partial charge in [-0.15, -0.1) is 11.3 Å². The zero-order valence-electron chi connectivity index (χ0n) is 12.7. The number of nitrogens with one attached hydrogen (secondary N) is 1. The number of hydrogen-bond donors (Lipinski definition) is 1. The van der Waals surface area contributed by atoms with Crippen molar-refractivity contribution >= 4 is 23.0 Å². The van der Waals surface area contributed by atoms with Gasteiger partial charge in [-0.1, -0.05) is 24.3 Å². The largest absolute Gasteiger partial charge is 0.486 e. The van der Waals surface area contributed by atoms with E-state index in [0.29, 0.717) is 10.6 Å². The summed E-state index contributed by atoms with van der Waals surface area (Å²) in [5.41, 5.74) is 0. The number of carbonyl (C=O) groups is 2. The first-order valence-corrected chi connectivity index (χ1v) is 8.22. The molecule has 5 nitrogen and oxygen atoms in total. The second-order valence-electron chi connectivity index (χ2n) is 4.95. The molecule has 0 atom stereocenters. The molecule has 0 fully saturated rings. The molecule has 6 heteroatoms. The van der Waals surface area contributed by atoms with Crippen LogP contribution < -0.4 is 10.1 Å². The van der Waals surface area contributed by atoms with Crippen LogP contribution in [0.5, 0.6) is 5.75 Å². The summed E-state index contributed by atoms with van der Waals surface area (Å²) in [6, 6.07) is 16.1. The molecule has 2 heterocycles. The third-order valence-electron chi connectivity index (χ3n) is 3.22. The van der Waals surface area contributed by atoms with E-state index in [1.165, 1.54) is 11.3 Å². The van der Waals surface area contributed by atoms with Crippen LogP contribution >= 0.6 is 11.3 Å². The minimum absolute atomic E-state index is 0.0596. The van der Waals surface area contributed by atoms with Crippen molar-refractivity contribution in [3.05, 3.63) is 76.4 Å². The highest BCUT2D eigenvalue weighted by molar-refractivity contribution is 7.12. The molecule has 0 aliphatic heterocycles. The van der Waals surface area contributed by atoms with E-state index in [4.69, 9.17) is 9.15 Å². The Morgan fingerprint density at radius 2 is 1.88 bits per heavy atom. The predicted molar refractivity (Wildman–Crippen MR) is 90.5 cm³/mol. The number of Topliss-reactive ketones (excluding diaryl/α,β-unsaturated/α-hetero) is 1. The van der Waals surface area contributed by atoms with Crippen molar-refractivity contribution in [3.63, 3.8) is 0 Å². The second-order valence-corrected chi connectivity index (χ2v) is 5.90. The van der Waals surface area contributed by atoms with Crippen molar-refractivity contribution in [1.29, 1.82) is 0 Å². The van der Waals surface area contributed by atoms with Crippen molar-refractivity contribution in [3.8, 4) is 5.75 Å². The maximum Gasteiger partial charge on any atom is 0.287 e. The number of benzene rings is 1. The standard InChI is InChI=1S/C18H15NO4S/c20-15(17-7-4-10-24-17)11-19-18(21)16-9-8-14(23-16)12-22-13-5-2-1-3-6-13/h1-10H,11-12H2,(H,19,21).